The summed E-state index contributed by atoms with van der Waals surface area (Å²) in [4.78, 5) is 20.8. The van der Waals surface area contributed by atoms with E-state index in [0.29, 0.717) is 5.69 Å². The van der Waals surface area contributed by atoms with E-state index in [1.165, 1.54) is 6.33 Å². The number of aromatic nitrogens is 5. The zero-order chi connectivity index (χ0) is 18.6. The topological polar surface area (TPSA) is 77.6 Å². The molecule has 1 unspecified atom stereocenters. The first-order valence-corrected chi connectivity index (χ1v) is 8.56. The number of nitrogens with zero attached hydrogens (tertiary/aromatic N) is 5. The summed E-state index contributed by atoms with van der Waals surface area (Å²) in [5.41, 5.74) is 3.30. The highest BCUT2D eigenvalue weighted by Crippen LogP contribution is 2.17. The van der Waals surface area contributed by atoms with Crippen LogP contribution in [-0.2, 0) is 0 Å². The Hall–Kier alpha value is -3.74. The van der Waals surface area contributed by atoms with E-state index in [1.807, 2.05) is 61.5 Å². The van der Waals surface area contributed by atoms with Crippen LogP contribution in [0.1, 0.15) is 29.0 Å². The third-order valence-corrected chi connectivity index (χ3v) is 4.33. The van der Waals surface area contributed by atoms with E-state index in [9.17, 15) is 4.79 Å². The predicted octanol–water partition coefficient (Wildman–Crippen LogP) is 2.94. The average Bonchev–Trinajstić information content (AvgIpc) is 3.41. The van der Waals surface area contributed by atoms with Gasteiger partial charge in [-0.25, -0.2) is 14.6 Å². The molecule has 1 atom stereocenters. The van der Waals surface area contributed by atoms with Gasteiger partial charge in [0.05, 0.1) is 24.3 Å². The lowest BCUT2D eigenvalue weighted by molar-refractivity contribution is 0.0933. The maximum Gasteiger partial charge on any atom is 0.270 e. The summed E-state index contributed by atoms with van der Waals surface area (Å²) in [6.45, 7) is 1.95. The standard InChI is InChI=1S/C20H18N6O/c1-15(16-7-9-18(10-8-16)26-14-22-12-23-26)24-20(27)19-11-21-13-25(19)17-5-3-2-4-6-17/h2-15H,1H3,(H,24,27). The van der Waals surface area contributed by atoms with Crippen LogP contribution in [0.5, 0.6) is 0 Å². The Balaban J connectivity index is 1.50. The van der Waals surface area contributed by atoms with Crippen molar-refractivity contribution in [2.75, 3.05) is 0 Å². The van der Waals surface area contributed by atoms with Gasteiger partial charge >= 0.3 is 0 Å². The van der Waals surface area contributed by atoms with Crippen molar-refractivity contribution in [2.24, 2.45) is 0 Å². The Morgan fingerprint density at radius 2 is 1.74 bits per heavy atom. The van der Waals surface area contributed by atoms with Gasteiger partial charge in [-0.2, -0.15) is 5.10 Å². The number of benzene rings is 2. The van der Waals surface area contributed by atoms with Gasteiger partial charge in [0.2, 0.25) is 0 Å². The summed E-state index contributed by atoms with van der Waals surface area (Å²) in [5, 5.41) is 7.14. The first kappa shape index (κ1) is 16.7. The van der Waals surface area contributed by atoms with E-state index < -0.39 is 0 Å². The van der Waals surface area contributed by atoms with Gasteiger partial charge in [0, 0.05) is 5.69 Å². The van der Waals surface area contributed by atoms with Crippen LogP contribution >= 0.6 is 0 Å². The van der Waals surface area contributed by atoms with Gasteiger partial charge in [0.25, 0.3) is 5.91 Å². The van der Waals surface area contributed by atoms with Crippen molar-refractivity contribution in [3.05, 3.63) is 91.0 Å². The van der Waals surface area contributed by atoms with Crippen molar-refractivity contribution >= 4 is 5.91 Å². The molecule has 2 heterocycles. The number of amides is 1. The second kappa shape index (κ2) is 7.25. The van der Waals surface area contributed by atoms with Gasteiger partial charge in [-0.1, -0.05) is 30.3 Å². The fourth-order valence-electron chi connectivity index (χ4n) is 2.87. The van der Waals surface area contributed by atoms with Crippen molar-refractivity contribution < 1.29 is 4.79 Å². The second-order valence-corrected chi connectivity index (χ2v) is 6.11. The van der Waals surface area contributed by atoms with E-state index >= 15 is 0 Å². The zero-order valence-corrected chi connectivity index (χ0v) is 14.7. The SMILES string of the molecule is CC(NC(=O)c1cncn1-c1ccccc1)c1ccc(-n2cncn2)cc1. The van der Waals surface area contributed by atoms with E-state index in [0.717, 1.165) is 16.9 Å². The van der Waals surface area contributed by atoms with Crippen LogP contribution in [0.15, 0.2) is 79.8 Å². The quantitative estimate of drug-likeness (QED) is 0.595. The fourth-order valence-corrected chi connectivity index (χ4v) is 2.87. The molecule has 0 radical (unpaired) electrons. The molecule has 0 aliphatic rings. The summed E-state index contributed by atoms with van der Waals surface area (Å²) >= 11 is 0. The van der Waals surface area contributed by atoms with E-state index in [4.69, 9.17) is 0 Å². The normalized spacial score (nSPS) is 11.9. The molecule has 1 N–H and O–H groups in total. The van der Waals surface area contributed by atoms with Crippen LogP contribution in [0.2, 0.25) is 0 Å². The number of carbonyl (C=O) groups is 1. The van der Waals surface area contributed by atoms with Crippen molar-refractivity contribution in [1.29, 1.82) is 0 Å². The Bertz CT molecular complexity index is 1020. The summed E-state index contributed by atoms with van der Waals surface area (Å²) in [6, 6.07) is 17.3. The lowest BCUT2D eigenvalue weighted by Gasteiger charge is -2.16. The third-order valence-electron chi connectivity index (χ3n) is 4.33. The number of hydrogen-bond acceptors (Lipinski definition) is 4. The van der Waals surface area contributed by atoms with Crippen molar-refractivity contribution in [3.8, 4) is 11.4 Å². The number of hydrogen-bond donors (Lipinski definition) is 1. The maximum absolute atomic E-state index is 12.7. The molecular weight excluding hydrogens is 340 g/mol. The fraction of sp³-hybridized carbons (Fsp3) is 0.100. The smallest absolute Gasteiger partial charge is 0.270 e. The second-order valence-electron chi connectivity index (χ2n) is 6.11. The monoisotopic (exact) mass is 358 g/mol. The molecule has 0 spiro atoms. The van der Waals surface area contributed by atoms with Gasteiger partial charge < -0.3 is 5.32 Å². The zero-order valence-electron chi connectivity index (χ0n) is 14.7. The van der Waals surface area contributed by atoms with Crippen LogP contribution in [0.25, 0.3) is 11.4 Å². The summed E-state index contributed by atoms with van der Waals surface area (Å²) < 4.78 is 3.46. The van der Waals surface area contributed by atoms with Crippen molar-refractivity contribution in [1.82, 2.24) is 29.6 Å². The molecule has 0 aliphatic carbocycles. The molecule has 0 bridgehead atoms. The largest absolute Gasteiger partial charge is 0.344 e. The maximum atomic E-state index is 12.7. The molecular formula is C20H18N6O. The molecule has 1 amide bonds. The molecule has 27 heavy (non-hydrogen) atoms. The number of rotatable bonds is 5. The molecule has 2 aromatic heterocycles. The van der Waals surface area contributed by atoms with Crippen LogP contribution in [0, 0.1) is 0 Å². The Kier molecular flexibility index (Phi) is 4.49. The van der Waals surface area contributed by atoms with Gasteiger partial charge in [-0.3, -0.25) is 9.36 Å². The molecule has 2 aromatic carbocycles. The average molecular weight is 358 g/mol. The Morgan fingerprint density at radius 3 is 2.44 bits per heavy atom. The first-order chi connectivity index (χ1) is 13.2. The number of imidazole rings is 1. The Labute approximate surface area is 156 Å². The molecule has 0 saturated carbocycles. The summed E-state index contributed by atoms with van der Waals surface area (Å²) in [6.07, 6.45) is 6.35. The van der Waals surface area contributed by atoms with Crippen LogP contribution in [0.4, 0.5) is 0 Å². The van der Waals surface area contributed by atoms with Gasteiger partial charge in [0.1, 0.15) is 18.3 Å². The summed E-state index contributed by atoms with van der Waals surface area (Å²) in [7, 11) is 0. The first-order valence-electron chi connectivity index (χ1n) is 8.56. The minimum absolute atomic E-state index is 0.151. The highest BCUT2D eigenvalue weighted by atomic mass is 16.2. The molecule has 7 nitrogen and oxygen atoms in total. The van der Waals surface area contributed by atoms with Gasteiger partial charge in [0.15, 0.2) is 0 Å². The molecule has 0 saturated heterocycles. The van der Waals surface area contributed by atoms with Gasteiger partial charge in [-0.05, 0) is 36.8 Å². The molecule has 134 valence electrons. The van der Waals surface area contributed by atoms with E-state index in [-0.39, 0.29) is 11.9 Å². The van der Waals surface area contributed by atoms with Crippen LogP contribution in [-0.4, -0.2) is 30.2 Å². The molecule has 0 fully saturated rings. The van der Waals surface area contributed by atoms with E-state index in [1.54, 1.807) is 28.1 Å². The lowest BCUT2D eigenvalue weighted by Crippen LogP contribution is -2.28. The predicted molar refractivity (Wildman–Crippen MR) is 101 cm³/mol. The molecule has 4 aromatic rings. The van der Waals surface area contributed by atoms with Gasteiger partial charge in [-0.15, -0.1) is 0 Å². The number of nitrogens with one attached hydrogen (secondary N) is 1. The molecule has 7 heteroatoms. The minimum atomic E-state index is -0.177. The molecule has 0 aliphatic heterocycles. The van der Waals surface area contributed by atoms with Crippen LogP contribution in [0.3, 0.4) is 0 Å². The van der Waals surface area contributed by atoms with Crippen molar-refractivity contribution in [2.45, 2.75) is 13.0 Å². The number of para-hydroxylation sites is 1. The number of carbonyl (C=O) groups excluding carboxylic acids is 1. The highest BCUT2D eigenvalue weighted by molar-refractivity contribution is 5.93. The van der Waals surface area contributed by atoms with E-state index in [2.05, 4.69) is 20.4 Å². The minimum Gasteiger partial charge on any atom is -0.344 e. The third kappa shape index (κ3) is 3.48. The highest BCUT2D eigenvalue weighted by Gasteiger charge is 2.16. The van der Waals surface area contributed by atoms with Crippen molar-refractivity contribution in [3.63, 3.8) is 0 Å². The lowest BCUT2D eigenvalue weighted by atomic mass is 10.1. The Morgan fingerprint density at radius 1 is 0.963 bits per heavy atom. The summed E-state index contributed by atoms with van der Waals surface area (Å²) in [5.74, 6) is -0.177. The van der Waals surface area contributed by atoms with Crippen LogP contribution < -0.4 is 5.32 Å². The molecule has 4 rings (SSSR count).